The summed E-state index contributed by atoms with van der Waals surface area (Å²) in [5.41, 5.74) is 0. The van der Waals surface area contributed by atoms with Gasteiger partial charge in [-0.15, -0.1) is 0 Å². The zero-order valence-electron chi connectivity index (χ0n) is 11.0. The molecule has 1 aliphatic heterocycles. The van der Waals surface area contributed by atoms with Crippen LogP contribution in [-0.4, -0.2) is 37.1 Å². The summed E-state index contributed by atoms with van der Waals surface area (Å²) in [7, 11) is 0. The highest BCUT2D eigenvalue weighted by Gasteiger charge is 2.25. The first-order valence-electron chi connectivity index (χ1n) is 7.27. The molecule has 0 aromatic carbocycles. The summed E-state index contributed by atoms with van der Waals surface area (Å²) in [6, 6.07) is 0.834. The molecule has 0 spiro atoms. The molecule has 1 saturated heterocycles. The summed E-state index contributed by atoms with van der Waals surface area (Å²) < 4.78 is 0. The zero-order valence-corrected chi connectivity index (χ0v) is 11.0. The SMILES string of the molecule is CCC1CCC(NCC2CCN(CC)C2)C1. The molecular formula is C14H28N2. The van der Waals surface area contributed by atoms with E-state index in [0.717, 1.165) is 17.9 Å². The van der Waals surface area contributed by atoms with Gasteiger partial charge in [-0.3, -0.25) is 0 Å². The molecule has 3 atom stereocenters. The maximum Gasteiger partial charge on any atom is 0.00699 e. The fraction of sp³-hybridized carbons (Fsp3) is 1.00. The van der Waals surface area contributed by atoms with Crippen LogP contribution in [0, 0.1) is 11.8 Å². The first-order chi connectivity index (χ1) is 7.81. The summed E-state index contributed by atoms with van der Waals surface area (Å²) in [5.74, 6) is 1.92. The summed E-state index contributed by atoms with van der Waals surface area (Å²) in [5, 5.41) is 3.81. The van der Waals surface area contributed by atoms with Crippen LogP contribution >= 0.6 is 0 Å². The minimum Gasteiger partial charge on any atom is -0.314 e. The van der Waals surface area contributed by atoms with Crippen LogP contribution in [0.1, 0.15) is 46.0 Å². The van der Waals surface area contributed by atoms with Gasteiger partial charge in [-0.05, 0) is 57.2 Å². The number of nitrogens with zero attached hydrogens (tertiary/aromatic N) is 1. The van der Waals surface area contributed by atoms with Crippen LogP contribution in [0.4, 0.5) is 0 Å². The van der Waals surface area contributed by atoms with E-state index < -0.39 is 0 Å². The van der Waals surface area contributed by atoms with E-state index in [4.69, 9.17) is 0 Å². The maximum absolute atomic E-state index is 3.81. The predicted molar refractivity (Wildman–Crippen MR) is 69.6 cm³/mol. The Morgan fingerprint density at radius 1 is 1.12 bits per heavy atom. The molecule has 1 aliphatic carbocycles. The summed E-state index contributed by atoms with van der Waals surface area (Å²) in [6.07, 6.45) is 7.10. The van der Waals surface area contributed by atoms with Crippen LogP contribution in [0.25, 0.3) is 0 Å². The Kier molecular flexibility index (Phi) is 4.66. The fourth-order valence-corrected chi connectivity index (χ4v) is 3.33. The van der Waals surface area contributed by atoms with Gasteiger partial charge in [0.2, 0.25) is 0 Å². The van der Waals surface area contributed by atoms with Gasteiger partial charge >= 0.3 is 0 Å². The van der Waals surface area contributed by atoms with E-state index in [1.54, 1.807) is 0 Å². The van der Waals surface area contributed by atoms with Crippen molar-refractivity contribution >= 4 is 0 Å². The third-order valence-corrected chi connectivity index (χ3v) is 4.63. The molecule has 16 heavy (non-hydrogen) atoms. The molecule has 1 N–H and O–H groups in total. The Labute approximate surface area is 101 Å². The highest BCUT2D eigenvalue weighted by Crippen LogP contribution is 2.28. The quantitative estimate of drug-likeness (QED) is 0.772. The second-order valence-corrected chi connectivity index (χ2v) is 5.74. The number of hydrogen-bond acceptors (Lipinski definition) is 2. The van der Waals surface area contributed by atoms with E-state index in [-0.39, 0.29) is 0 Å². The third kappa shape index (κ3) is 3.21. The number of rotatable bonds is 5. The van der Waals surface area contributed by atoms with Crippen molar-refractivity contribution in [3.05, 3.63) is 0 Å². The number of nitrogens with one attached hydrogen (secondary N) is 1. The highest BCUT2D eigenvalue weighted by atomic mass is 15.1. The summed E-state index contributed by atoms with van der Waals surface area (Å²) in [4.78, 5) is 2.58. The molecule has 0 amide bonds. The smallest absolute Gasteiger partial charge is 0.00699 e. The normalized spacial score (nSPS) is 36.0. The predicted octanol–water partition coefficient (Wildman–Crippen LogP) is 2.50. The molecule has 0 aromatic heterocycles. The van der Waals surface area contributed by atoms with Gasteiger partial charge in [0.05, 0.1) is 0 Å². The second-order valence-electron chi connectivity index (χ2n) is 5.74. The molecule has 0 bridgehead atoms. The monoisotopic (exact) mass is 224 g/mol. The van der Waals surface area contributed by atoms with Crippen LogP contribution in [0.15, 0.2) is 0 Å². The van der Waals surface area contributed by atoms with Crippen LogP contribution in [-0.2, 0) is 0 Å². The molecule has 2 aliphatic rings. The van der Waals surface area contributed by atoms with E-state index in [0.29, 0.717) is 0 Å². The Morgan fingerprint density at radius 2 is 2.00 bits per heavy atom. The Bertz CT molecular complexity index is 183. The van der Waals surface area contributed by atoms with Gasteiger partial charge in [0.15, 0.2) is 0 Å². The van der Waals surface area contributed by atoms with Crippen molar-refractivity contribution in [3.8, 4) is 0 Å². The van der Waals surface area contributed by atoms with Crippen molar-refractivity contribution in [2.75, 3.05) is 26.2 Å². The van der Waals surface area contributed by atoms with E-state index in [2.05, 4.69) is 24.1 Å². The van der Waals surface area contributed by atoms with Gasteiger partial charge in [0, 0.05) is 12.6 Å². The molecule has 3 unspecified atom stereocenters. The fourth-order valence-electron chi connectivity index (χ4n) is 3.33. The lowest BCUT2D eigenvalue weighted by molar-refractivity contribution is 0.334. The van der Waals surface area contributed by atoms with Gasteiger partial charge in [-0.2, -0.15) is 0 Å². The lowest BCUT2D eigenvalue weighted by atomic mass is 10.1. The van der Waals surface area contributed by atoms with E-state index in [1.165, 1.54) is 58.3 Å². The topological polar surface area (TPSA) is 15.3 Å². The Morgan fingerprint density at radius 3 is 2.62 bits per heavy atom. The Hall–Kier alpha value is -0.0800. The summed E-state index contributed by atoms with van der Waals surface area (Å²) in [6.45, 7) is 9.76. The third-order valence-electron chi connectivity index (χ3n) is 4.63. The molecule has 1 heterocycles. The first kappa shape index (κ1) is 12.4. The molecule has 2 nitrogen and oxygen atoms in total. The zero-order chi connectivity index (χ0) is 11.4. The van der Waals surface area contributed by atoms with Gasteiger partial charge in [0.1, 0.15) is 0 Å². The van der Waals surface area contributed by atoms with E-state index >= 15 is 0 Å². The van der Waals surface area contributed by atoms with Gasteiger partial charge in [0.25, 0.3) is 0 Å². The van der Waals surface area contributed by atoms with Gasteiger partial charge < -0.3 is 10.2 Å². The van der Waals surface area contributed by atoms with Crippen molar-refractivity contribution in [1.82, 2.24) is 10.2 Å². The number of hydrogen-bond donors (Lipinski definition) is 1. The van der Waals surface area contributed by atoms with Crippen LogP contribution in [0.3, 0.4) is 0 Å². The molecular weight excluding hydrogens is 196 g/mol. The largest absolute Gasteiger partial charge is 0.314 e. The van der Waals surface area contributed by atoms with Gasteiger partial charge in [-0.25, -0.2) is 0 Å². The van der Waals surface area contributed by atoms with Crippen molar-refractivity contribution in [2.24, 2.45) is 11.8 Å². The first-order valence-corrected chi connectivity index (χ1v) is 7.27. The lowest BCUT2D eigenvalue weighted by Gasteiger charge is -2.17. The van der Waals surface area contributed by atoms with E-state index in [1.807, 2.05) is 0 Å². The standard InChI is InChI=1S/C14H28N2/c1-3-12-5-6-14(9-12)15-10-13-7-8-16(4-2)11-13/h12-15H,3-11H2,1-2H3. The minimum absolute atomic E-state index is 0.834. The van der Waals surface area contributed by atoms with Gasteiger partial charge in [-0.1, -0.05) is 20.3 Å². The van der Waals surface area contributed by atoms with Crippen molar-refractivity contribution in [1.29, 1.82) is 0 Å². The van der Waals surface area contributed by atoms with Crippen molar-refractivity contribution in [2.45, 2.75) is 52.0 Å². The van der Waals surface area contributed by atoms with Crippen LogP contribution in [0.5, 0.6) is 0 Å². The average molecular weight is 224 g/mol. The van der Waals surface area contributed by atoms with Crippen molar-refractivity contribution < 1.29 is 0 Å². The molecule has 0 radical (unpaired) electrons. The van der Waals surface area contributed by atoms with E-state index in [9.17, 15) is 0 Å². The van der Waals surface area contributed by atoms with Crippen LogP contribution < -0.4 is 5.32 Å². The Balaban J connectivity index is 1.61. The molecule has 2 fully saturated rings. The van der Waals surface area contributed by atoms with Crippen LogP contribution in [0.2, 0.25) is 0 Å². The minimum atomic E-state index is 0.834. The molecule has 1 saturated carbocycles. The molecule has 2 heteroatoms. The summed E-state index contributed by atoms with van der Waals surface area (Å²) >= 11 is 0. The molecule has 2 rings (SSSR count). The molecule has 94 valence electrons. The second kappa shape index (κ2) is 6.02. The van der Waals surface area contributed by atoms with Crippen molar-refractivity contribution in [3.63, 3.8) is 0 Å². The highest BCUT2D eigenvalue weighted by molar-refractivity contribution is 4.83. The molecule has 0 aromatic rings. The number of likely N-dealkylation sites (tertiary alicyclic amines) is 1. The average Bonchev–Trinajstić information content (AvgIpc) is 2.95. The lowest BCUT2D eigenvalue weighted by Crippen LogP contribution is -2.32. The maximum atomic E-state index is 3.81.